The van der Waals surface area contributed by atoms with Gasteiger partial charge in [-0.1, -0.05) is 55.1 Å². The van der Waals surface area contributed by atoms with E-state index in [4.69, 9.17) is 11.6 Å². The summed E-state index contributed by atoms with van der Waals surface area (Å²) in [5.74, 6) is -2.00. The van der Waals surface area contributed by atoms with Crippen LogP contribution >= 0.6 is 11.6 Å². The molecule has 2 fully saturated rings. The summed E-state index contributed by atoms with van der Waals surface area (Å²) in [7, 11) is 0. The van der Waals surface area contributed by atoms with Crippen molar-refractivity contribution in [2.75, 3.05) is 10.8 Å². The molecule has 5 rings (SSSR count). The normalized spacial score (nSPS) is 21.4. The Labute approximate surface area is 251 Å². The van der Waals surface area contributed by atoms with E-state index < -0.39 is 23.3 Å². The van der Waals surface area contributed by atoms with Crippen molar-refractivity contribution in [3.63, 3.8) is 0 Å². The molecule has 2 amide bonds. The van der Waals surface area contributed by atoms with Crippen molar-refractivity contribution in [2.24, 2.45) is 0 Å². The number of carbonyl (C=O) groups excluding carboxylic acids is 2. The Morgan fingerprint density at radius 1 is 1.02 bits per heavy atom. The molecule has 1 spiro atoms. The predicted molar refractivity (Wildman–Crippen MR) is 164 cm³/mol. The highest BCUT2D eigenvalue weighted by Gasteiger charge is 2.57. The molecule has 222 valence electrons. The topological polar surface area (TPSA) is 102 Å². The highest BCUT2D eigenvalue weighted by molar-refractivity contribution is 6.30. The first-order valence-electron chi connectivity index (χ1n) is 14.6. The van der Waals surface area contributed by atoms with Crippen LogP contribution in [-0.4, -0.2) is 34.6 Å². The zero-order valence-electron chi connectivity index (χ0n) is 24.1. The van der Waals surface area contributed by atoms with E-state index in [0.717, 1.165) is 43.2 Å². The summed E-state index contributed by atoms with van der Waals surface area (Å²) in [5, 5.41) is 19.7. The summed E-state index contributed by atoms with van der Waals surface area (Å²) < 4.78 is 15.8. The Morgan fingerprint density at radius 2 is 1.74 bits per heavy atom. The van der Waals surface area contributed by atoms with Crippen LogP contribution in [0, 0.1) is 12.7 Å². The molecular formula is C33H38ClFN4O3. The number of amides is 2. The SMILES string of the molecule is Cc1ccc(C2[C@@H](c3cccc(Cl)c3F)C(C(=O)Nc3ccc(C(=O)NC(C)C)cc3)NC23CCCCC3)c(NO)c1. The summed E-state index contributed by atoms with van der Waals surface area (Å²) in [6.07, 6.45) is 4.63. The number of nitrogens with one attached hydrogen (secondary N) is 4. The summed E-state index contributed by atoms with van der Waals surface area (Å²) in [6, 6.07) is 16.6. The van der Waals surface area contributed by atoms with Gasteiger partial charge in [0.15, 0.2) is 0 Å². The minimum absolute atomic E-state index is 0.00396. The van der Waals surface area contributed by atoms with Crippen LogP contribution in [-0.2, 0) is 4.79 Å². The molecule has 1 heterocycles. The van der Waals surface area contributed by atoms with Crippen molar-refractivity contribution in [3.05, 3.63) is 93.8 Å². The Bertz CT molecular complexity index is 1460. The van der Waals surface area contributed by atoms with Crippen LogP contribution in [0.1, 0.15) is 84.8 Å². The molecule has 0 aromatic heterocycles. The summed E-state index contributed by atoms with van der Waals surface area (Å²) in [6.45, 7) is 5.72. The van der Waals surface area contributed by atoms with Gasteiger partial charge in [0.25, 0.3) is 5.91 Å². The van der Waals surface area contributed by atoms with Crippen molar-refractivity contribution < 1.29 is 19.2 Å². The largest absolute Gasteiger partial charge is 0.350 e. The summed E-state index contributed by atoms with van der Waals surface area (Å²) >= 11 is 6.29. The van der Waals surface area contributed by atoms with Crippen LogP contribution in [0.3, 0.4) is 0 Å². The Balaban J connectivity index is 1.57. The molecule has 0 bridgehead atoms. The fourth-order valence-electron chi connectivity index (χ4n) is 6.83. The number of halogens is 2. The average molecular weight is 593 g/mol. The van der Waals surface area contributed by atoms with Crippen LogP contribution in [0.25, 0.3) is 0 Å². The number of carbonyl (C=O) groups is 2. The van der Waals surface area contributed by atoms with E-state index in [0.29, 0.717) is 22.5 Å². The summed E-state index contributed by atoms with van der Waals surface area (Å²) in [5.41, 5.74) is 5.55. The van der Waals surface area contributed by atoms with E-state index in [1.807, 2.05) is 39.0 Å². The van der Waals surface area contributed by atoms with Gasteiger partial charge in [-0.15, -0.1) is 0 Å². The van der Waals surface area contributed by atoms with Gasteiger partial charge in [0.1, 0.15) is 5.82 Å². The van der Waals surface area contributed by atoms with Crippen molar-refractivity contribution >= 4 is 34.8 Å². The molecule has 1 aliphatic carbocycles. The second-order valence-electron chi connectivity index (χ2n) is 11.9. The van der Waals surface area contributed by atoms with E-state index in [2.05, 4.69) is 21.4 Å². The fraction of sp³-hybridized carbons (Fsp3) is 0.394. The van der Waals surface area contributed by atoms with E-state index in [-0.39, 0.29) is 28.8 Å². The number of aryl methyl sites for hydroxylation is 1. The lowest BCUT2D eigenvalue weighted by Gasteiger charge is -2.41. The zero-order chi connectivity index (χ0) is 30.0. The Hall–Kier alpha value is -3.46. The highest BCUT2D eigenvalue weighted by atomic mass is 35.5. The first-order valence-corrected chi connectivity index (χ1v) is 15.0. The van der Waals surface area contributed by atoms with Crippen LogP contribution in [0.4, 0.5) is 15.8 Å². The lowest BCUT2D eigenvalue weighted by Crippen LogP contribution is -2.50. The molecule has 3 atom stereocenters. The lowest BCUT2D eigenvalue weighted by molar-refractivity contribution is -0.118. The minimum Gasteiger partial charge on any atom is -0.350 e. The van der Waals surface area contributed by atoms with E-state index >= 15 is 4.39 Å². The average Bonchev–Trinajstić information content (AvgIpc) is 3.28. The quantitative estimate of drug-likeness (QED) is 0.192. The second kappa shape index (κ2) is 12.4. The van der Waals surface area contributed by atoms with Crippen LogP contribution in [0.5, 0.6) is 0 Å². The van der Waals surface area contributed by atoms with Crippen molar-refractivity contribution in [3.8, 4) is 0 Å². The maximum atomic E-state index is 15.8. The monoisotopic (exact) mass is 592 g/mol. The number of rotatable bonds is 7. The lowest BCUT2D eigenvalue weighted by atomic mass is 9.66. The van der Waals surface area contributed by atoms with Gasteiger partial charge in [0, 0.05) is 34.7 Å². The second-order valence-corrected chi connectivity index (χ2v) is 12.3. The first-order chi connectivity index (χ1) is 20.1. The number of benzene rings is 3. The molecule has 5 N–H and O–H groups in total. The smallest absolute Gasteiger partial charge is 0.251 e. The molecule has 1 aliphatic heterocycles. The highest BCUT2D eigenvalue weighted by Crippen LogP contribution is 2.56. The molecule has 42 heavy (non-hydrogen) atoms. The number of hydrogen-bond donors (Lipinski definition) is 5. The van der Waals surface area contributed by atoms with Gasteiger partial charge in [-0.05, 0) is 86.7 Å². The van der Waals surface area contributed by atoms with E-state index in [9.17, 15) is 14.8 Å². The van der Waals surface area contributed by atoms with Crippen molar-refractivity contribution in [1.82, 2.24) is 10.6 Å². The van der Waals surface area contributed by atoms with Gasteiger partial charge in [-0.3, -0.25) is 25.6 Å². The van der Waals surface area contributed by atoms with Crippen molar-refractivity contribution in [1.29, 1.82) is 0 Å². The maximum Gasteiger partial charge on any atom is 0.251 e. The molecule has 7 nitrogen and oxygen atoms in total. The van der Waals surface area contributed by atoms with Gasteiger partial charge in [-0.2, -0.15) is 0 Å². The third kappa shape index (κ3) is 5.89. The van der Waals surface area contributed by atoms with E-state index in [1.54, 1.807) is 36.4 Å². The molecule has 2 unspecified atom stereocenters. The third-order valence-corrected chi connectivity index (χ3v) is 8.92. The number of hydrogen-bond acceptors (Lipinski definition) is 5. The van der Waals surface area contributed by atoms with Gasteiger partial charge < -0.3 is 10.6 Å². The molecule has 3 aromatic rings. The van der Waals surface area contributed by atoms with Crippen LogP contribution < -0.4 is 21.4 Å². The maximum absolute atomic E-state index is 15.8. The minimum atomic E-state index is -0.794. The third-order valence-electron chi connectivity index (χ3n) is 8.62. The van der Waals surface area contributed by atoms with Gasteiger partial charge in [0.05, 0.1) is 16.8 Å². The number of anilines is 2. The predicted octanol–water partition coefficient (Wildman–Crippen LogP) is 6.91. The first kappa shape index (κ1) is 30.0. The van der Waals surface area contributed by atoms with E-state index in [1.165, 1.54) is 6.07 Å². The molecule has 0 radical (unpaired) electrons. The van der Waals surface area contributed by atoms with Crippen LogP contribution in [0.15, 0.2) is 60.7 Å². The van der Waals surface area contributed by atoms with Crippen molar-refractivity contribution in [2.45, 2.75) is 82.3 Å². The molecular weight excluding hydrogens is 555 g/mol. The standard InChI is InChI=1S/C33H38ClFN4O3/c1-19(2)36-31(40)21-11-13-22(14-12-21)37-32(41)30-27(24-8-7-9-25(34)29(24)35)28(33(38-30)16-5-4-6-17-33)23-15-10-20(3)18-26(23)39-42/h7-15,18-19,27-28,30,38-39,42H,4-6,16-17H2,1-3H3,(H,36,40)(H,37,41)/t27-,28?,30?/m1/s1. The molecule has 9 heteroatoms. The molecule has 3 aromatic carbocycles. The molecule has 2 aliphatic rings. The van der Waals surface area contributed by atoms with Gasteiger partial charge in [-0.25, -0.2) is 4.39 Å². The molecule has 1 saturated carbocycles. The zero-order valence-corrected chi connectivity index (χ0v) is 24.9. The summed E-state index contributed by atoms with van der Waals surface area (Å²) in [4.78, 5) is 26.5. The molecule has 1 saturated heterocycles. The fourth-order valence-corrected chi connectivity index (χ4v) is 7.01. The Kier molecular flexibility index (Phi) is 8.87. The van der Waals surface area contributed by atoms with Gasteiger partial charge in [0.2, 0.25) is 5.91 Å². The van der Waals surface area contributed by atoms with Gasteiger partial charge >= 0.3 is 0 Å². The Morgan fingerprint density at radius 3 is 2.40 bits per heavy atom. The van der Waals surface area contributed by atoms with Crippen LogP contribution in [0.2, 0.25) is 5.02 Å².